The molecule has 1 fully saturated rings. The first-order valence-corrected chi connectivity index (χ1v) is 11.0. The number of rotatable bonds is 6. The van der Waals surface area contributed by atoms with Crippen molar-refractivity contribution in [3.05, 3.63) is 63.7 Å². The van der Waals surface area contributed by atoms with E-state index in [1.54, 1.807) is 0 Å². The number of nitrogens with zero attached hydrogens (tertiary/aromatic N) is 3. The van der Waals surface area contributed by atoms with Crippen LogP contribution in [0.3, 0.4) is 0 Å². The number of aryl methyl sites for hydroxylation is 2. The zero-order chi connectivity index (χ0) is 21.9. The Labute approximate surface area is 175 Å². The summed E-state index contributed by atoms with van der Waals surface area (Å²) in [5.74, 6) is -0.168. The van der Waals surface area contributed by atoms with Crippen LogP contribution in [0.1, 0.15) is 11.1 Å². The van der Waals surface area contributed by atoms with Crippen molar-refractivity contribution in [1.29, 1.82) is 0 Å². The fourth-order valence-corrected chi connectivity index (χ4v) is 4.94. The summed E-state index contributed by atoms with van der Waals surface area (Å²) in [4.78, 5) is 24.5. The molecule has 2 aromatic carbocycles. The van der Waals surface area contributed by atoms with Crippen LogP contribution in [0, 0.1) is 24.0 Å². The van der Waals surface area contributed by atoms with Gasteiger partial charge in [0, 0.05) is 37.9 Å². The zero-order valence-electron chi connectivity index (χ0n) is 16.9. The molecule has 0 unspecified atom stereocenters. The van der Waals surface area contributed by atoms with Gasteiger partial charge < -0.3 is 5.32 Å². The molecule has 0 spiro atoms. The van der Waals surface area contributed by atoms with Gasteiger partial charge in [-0.25, -0.2) is 8.42 Å². The highest BCUT2D eigenvalue weighted by molar-refractivity contribution is 7.89. The van der Waals surface area contributed by atoms with E-state index < -0.39 is 20.6 Å². The predicted molar refractivity (Wildman–Crippen MR) is 113 cm³/mol. The second kappa shape index (κ2) is 8.90. The van der Waals surface area contributed by atoms with Crippen molar-refractivity contribution in [2.45, 2.75) is 18.7 Å². The Morgan fingerprint density at radius 3 is 2.43 bits per heavy atom. The summed E-state index contributed by atoms with van der Waals surface area (Å²) in [7, 11) is -3.98. The third-order valence-corrected chi connectivity index (χ3v) is 6.99. The average molecular weight is 433 g/mol. The van der Waals surface area contributed by atoms with Crippen molar-refractivity contribution in [3.8, 4) is 0 Å². The second-order valence-electron chi connectivity index (χ2n) is 7.27. The summed E-state index contributed by atoms with van der Waals surface area (Å²) in [5, 5.41) is 14.1. The Hall–Kier alpha value is -2.82. The van der Waals surface area contributed by atoms with Crippen molar-refractivity contribution >= 4 is 27.3 Å². The molecular weight excluding hydrogens is 408 g/mol. The molecule has 1 aliphatic rings. The predicted octanol–water partition coefficient (Wildman–Crippen LogP) is 2.16. The summed E-state index contributed by atoms with van der Waals surface area (Å²) < 4.78 is 27.0. The molecule has 0 aromatic heterocycles. The number of hydrogen-bond acceptors (Lipinski definition) is 6. The lowest BCUT2D eigenvalue weighted by Gasteiger charge is -2.33. The fourth-order valence-electron chi connectivity index (χ4n) is 3.36. The van der Waals surface area contributed by atoms with Crippen LogP contribution in [0.15, 0.2) is 47.4 Å². The number of piperazine rings is 1. The lowest BCUT2D eigenvalue weighted by atomic mass is 10.1. The third kappa shape index (κ3) is 4.84. The molecule has 1 saturated heterocycles. The van der Waals surface area contributed by atoms with Crippen molar-refractivity contribution in [2.24, 2.45) is 0 Å². The van der Waals surface area contributed by atoms with Gasteiger partial charge in [0.1, 0.15) is 0 Å². The molecule has 1 amide bonds. The maximum absolute atomic E-state index is 12.9. The van der Waals surface area contributed by atoms with Crippen LogP contribution in [0.25, 0.3) is 0 Å². The lowest BCUT2D eigenvalue weighted by molar-refractivity contribution is -0.387. The maximum atomic E-state index is 12.9. The number of nitrogens with one attached hydrogen (secondary N) is 1. The quantitative estimate of drug-likeness (QED) is 0.553. The minimum absolute atomic E-state index is 0.146. The highest BCUT2D eigenvalue weighted by Gasteiger charge is 2.33. The number of benzene rings is 2. The summed E-state index contributed by atoms with van der Waals surface area (Å²) >= 11 is 0. The van der Waals surface area contributed by atoms with E-state index >= 15 is 0 Å². The van der Waals surface area contributed by atoms with Gasteiger partial charge in [-0.05, 0) is 37.1 Å². The summed E-state index contributed by atoms with van der Waals surface area (Å²) in [6.07, 6.45) is 0. The monoisotopic (exact) mass is 432 g/mol. The number of amides is 1. The molecule has 0 atom stereocenters. The normalized spacial score (nSPS) is 15.7. The van der Waals surface area contributed by atoms with Crippen molar-refractivity contribution < 1.29 is 18.1 Å². The molecule has 2 aromatic rings. The molecule has 160 valence electrons. The number of nitro groups is 1. The molecule has 1 aliphatic heterocycles. The van der Waals surface area contributed by atoms with Crippen LogP contribution in [0.2, 0.25) is 0 Å². The fraction of sp³-hybridized carbons (Fsp3) is 0.350. The second-order valence-corrected chi connectivity index (χ2v) is 9.18. The van der Waals surface area contributed by atoms with Crippen LogP contribution in [0.5, 0.6) is 0 Å². The van der Waals surface area contributed by atoms with Crippen LogP contribution in [-0.4, -0.2) is 61.2 Å². The van der Waals surface area contributed by atoms with E-state index in [-0.39, 0.29) is 30.4 Å². The summed E-state index contributed by atoms with van der Waals surface area (Å²) in [6, 6.07) is 11.2. The first-order valence-electron chi connectivity index (χ1n) is 9.51. The topological polar surface area (TPSA) is 113 Å². The Kier molecular flexibility index (Phi) is 6.49. The SMILES string of the molecule is Cc1ccc(C)c(NC(=O)CN2CCN(S(=O)(=O)c3ccccc3[N+](=O)[O-])CC2)c1. The number of sulfonamides is 1. The van der Waals surface area contributed by atoms with E-state index in [0.717, 1.165) is 16.8 Å². The molecule has 30 heavy (non-hydrogen) atoms. The molecule has 0 aliphatic carbocycles. The number of carbonyl (C=O) groups is 1. The maximum Gasteiger partial charge on any atom is 0.289 e. The van der Waals surface area contributed by atoms with E-state index in [1.165, 1.54) is 28.6 Å². The Morgan fingerprint density at radius 1 is 1.10 bits per heavy atom. The van der Waals surface area contributed by atoms with Gasteiger partial charge in [0.05, 0.1) is 11.5 Å². The third-order valence-electron chi connectivity index (χ3n) is 5.05. The molecule has 10 heteroatoms. The summed E-state index contributed by atoms with van der Waals surface area (Å²) in [5.41, 5.74) is 2.34. The van der Waals surface area contributed by atoms with Crippen LogP contribution >= 0.6 is 0 Å². The largest absolute Gasteiger partial charge is 0.325 e. The van der Waals surface area contributed by atoms with Crippen LogP contribution < -0.4 is 5.32 Å². The van der Waals surface area contributed by atoms with E-state index in [1.807, 2.05) is 36.9 Å². The van der Waals surface area contributed by atoms with Gasteiger partial charge >= 0.3 is 0 Å². The highest BCUT2D eigenvalue weighted by atomic mass is 32.2. The van der Waals surface area contributed by atoms with Crippen molar-refractivity contribution in [3.63, 3.8) is 0 Å². The van der Waals surface area contributed by atoms with Crippen molar-refractivity contribution in [1.82, 2.24) is 9.21 Å². The minimum atomic E-state index is -3.98. The number of carbonyl (C=O) groups excluding carboxylic acids is 1. The van der Waals surface area contributed by atoms with Crippen LogP contribution in [-0.2, 0) is 14.8 Å². The number of para-hydroxylation sites is 1. The highest BCUT2D eigenvalue weighted by Crippen LogP contribution is 2.27. The van der Waals surface area contributed by atoms with E-state index in [2.05, 4.69) is 5.32 Å². The molecule has 3 rings (SSSR count). The smallest absolute Gasteiger partial charge is 0.289 e. The first kappa shape index (κ1) is 21.9. The van der Waals surface area contributed by atoms with Gasteiger partial charge in [-0.15, -0.1) is 0 Å². The molecule has 0 saturated carbocycles. The van der Waals surface area contributed by atoms with Crippen molar-refractivity contribution in [2.75, 3.05) is 38.0 Å². The van der Waals surface area contributed by atoms with Gasteiger partial charge in [0.15, 0.2) is 4.90 Å². The minimum Gasteiger partial charge on any atom is -0.325 e. The van der Waals surface area contributed by atoms with E-state index in [0.29, 0.717) is 13.1 Å². The molecule has 0 radical (unpaired) electrons. The Morgan fingerprint density at radius 2 is 1.77 bits per heavy atom. The molecular formula is C20H24N4O5S. The van der Waals surface area contributed by atoms with Crippen LogP contribution in [0.4, 0.5) is 11.4 Å². The molecule has 1 heterocycles. The Bertz CT molecular complexity index is 1060. The Balaban J connectivity index is 1.61. The first-order chi connectivity index (χ1) is 14.2. The number of hydrogen-bond donors (Lipinski definition) is 1. The number of nitro benzene ring substituents is 1. The molecule has 9 nitrogen and oxygen atoms in total. The van der Waals surface area contributed by atoms with Gasteiger partial charge in [-0.2, -0.15) is 4.31 Å². The molecule has 0 bridgehead atoms. The van der Waals surface area contributed by atoms with Gasteiger partial charge in [-0.3, -0.25) is 19.8 Å². The van der Waals surface area contributed by atoms with E-state index in [4.69, 9.17) is 0 Å². The summed E-state index contributed by atoms with van der Waals surface area (Å²) in [6.45, 7) is 5.05. The van der Waals surface area contributed by atoms with Gasteiger partial charge in [0.2, 0.25) is 15.9 Å². The number of anilines is 1. The standard InChI is InChI=1S/C20H24N4O5S/c1-15-7-8-16(2)17(13-15)21-20(25)14-22-9-11-23(12-10-22)30(28,29)19-6-4-3-5-18(19)24(26)27/h3-8,13H,9-12,14H2,1-2H3,(H,21,25). The van der Waals surface area contributed by atoms with Gasteiger partial charge in [-0.1, -0.05) is 24.3 Å². The average Bonchev–Trinajstić information content (AvgIpc) is 2.71. The van der Waals surface area contributed by atoms with Gasteiger partial charge in [0.25, 0.3) is 5.69 Å². The molecule has 1 N–H and O–H groups in total. The van der Waals surface area contributed by atoms with E-state index in [9.17, 15) is 23.3 Å². The lowest BCUT2D eigenvalue weighted by Crippen LogP contribution is -2.50. The zero-order valence-corrected chi connectivity index (χ0v) is 17.7.